The van der Waals surface area contributed by atoms with Crippen LogP contribution in [0.25, 0.3) is 0 Å². The lowest BCUT2D eigenvalue weighted by molar-refractivity contribution is 0.542. The Kier molecular flexibility index (Phi) is 3.99. The summed E-state index contributed by atoms with van der Waals surface area (Å²) >= 11 is -2.15. The Balaban J connectivity index is 4.34. The van der Waals surface area contributed by atoms with E-state index in [1.54, 1.807) is 6.92 Å². The Hall–Kier alpha value is -0.610. The van der Waals surface area contributed by atoms with Crippen LogP contribution in [0.5, 0.6) is 0 Å². The number of hydrogen-bond acceptors (Lipinski definition) is 3. The Morgan fingerprint density at radius 1 is 1.90 bits per heavy atom. The van der Waals surface area contributed by atoms with E-state index in [1.165, 1.54) is 6.08 Å². The minimum absolute atomic E-state index is 0.265. The summed E-state index contributed by atoms with van der Waals surface area (Å²) in [5, 5.41) is 0. The van der Waals surface area contributed by atoms with Crippen LogP contribution in [0.3, 0.4) is 0 Å². The molecule has 0 aliphatic rings. The molecule has 0 aromatic carbocycles. The van der Waals surface area contributed by atoms with Crippen LogP contribution in [0.15, 0.2) is 23.3 Å². The second kappa shape index (κ2) is 4.24. The van der Waals surface area contributed by atoms with Gasteiger partial charge in [0.25, 0.3) is 0 Å². The number of nitrogens with two attached hydrogens (primary N) is 1. The van der Waals surface area contributed by atoms with E-state index in [0.717, 1.165) is 0 Å². The number of rotatable bonds is 3. The van der Waals surface area contributed by atoms with Gasteiger partial charge in [-0.05, 0) is 23.6 Å². The van der Waals surface area contributed by atoms with Gasteiger partial charge in [-0.15, -0.1) is 0 Å². The number of allylic oxidation sites excluding steroid dienone is 2. The molecule has 0 saturated carbocycles. The van der Waals surface area contributed by atoms with E-state index in [4.69, 9.17) is 5.73 Å². The molecular weight excluding hydrogens is 150 g/mol. The Labute approximate surface area is 62.9 Å². The molecular formula is C6H10NO2S-. The maximum absolute atomic E-state index is 10.3. The molecule has 2 N–H and O–H groups in total. The minimum atomic E-state index is -2.15. The topological polar surface area (TPSA) is 66.2 Å². The predicted octanol–water partition coefficient (Wildman–Crippen LogP) is 0.632. The van der Waals surface area contributed by atoms with Crippen LogP contribution in [0, 0.1) is 0 Å². The Morgan fingerprint density at radius 3 is 2.50 bits per heavy atom. The van der Waals surface area contributed by atoms with Gasteiger partial charge < -0.3 is 10.3 Å². The fraction of sp³-hybridized carbons (Fsp3) is 0.333. The first-order valence-corrected chi connectivity index (χ1v) is 3.89. The zero-order chi connectivity index (χ0) is 8.15. The van der Waals surface area contributed by atoms with E-state index >= 15 is 0 Å². The van der Waals surface area contributed by atoms with Gasteiger partial charge in [-0.2, -0.15) is 0 Å². The van der Waals surface area contributed by atoms with Crippen molar-refractivity contribution in [1.82, 2.24) is 0 Å². The lowest BCUT2D eigenvalue weighted by Crippen LogP contribution is -1.96. The molecule has 0 fully saturated rings. The van der Waals surface area contributed by atoms with Gasteiger partial charge >= 0.3 is 0 Å². The first kappa shape index (κ1) is 9.39. The third kappa shape index (κ3) is 3.42. The van der Waals surface area contributed by atoms with Crippen LogP contribution < -0.4 is 5.73 Å². The number of hydrogen-bond donors (Lipinski definition) is 1. The zero-order valence-corrected chi connectivity index (χ0v) is 6.61. The predicted molar refractivity (Wildman–Crippen MR) is 40.6 cm³/mol. The van der Waals surface area contributed by atoms with E-state index in [-0.39, 0.29) is 10.6 Å². The van der Waals surface area contributed by atoms with Gasteiger partial charge in [0.2, 0.25) is 0 Å². The fourth-order valence-electron chi connectivity index (χ4n) is 0.475. The summed E-state index contributed by atoms with van der Waals surface area (Å²) in [6.45, 7) is 5.09. The first-order chi connectivity index (χ1) is 4.57. The van der Waals surface area contributed by atoms with Gasteiger partial charge in [-0.25, -0.2) is 0 Å². The second-order valence-corrected chi connectivity index (χ2v) is 2.77. The van der Waals surface area contributed by atoms with Crippen LogP contribution in [0.1, 0.15) is 13.3 Å². The van der Waals surface area contributed by atoms with Crippen molar-refractivity contribution >= 4 is 11.1 Å². The summed E-state index contributed by atoms with van der Waals surface area (Å²) in [6, 6.07) is 0. The molecule has 1 unspecified atom stereocenters. The average molecular weight is 160 g/mol. The highest BCUT2D eigenvalue weighted by atomic mass is 32.2. The van der Waals surface area contributed by atoms with Crippen LogP contribution in [-0.2, 0) is 11.1 Å². The molecule has 0 radical (unpaired) electrons. The normalized spacial score (nSPS) is 14.8. The summed E-state index contributed by atoms with van der Waals surface area (Å²) < 4.78 is 20.6. The quantitative estimate of drug-likeness (QED) is 0.486. The molecule has 0 aromatic rings. The van der Waals surface area contributed by atoms with E-state index < -0.39 is 11.1 Å². The molecule has 3 nitrogen and oxygen atoms in total. The maximum Gasteiger partial charge on any atom is 0.0249 e. The Bertz CT molecular complexity index is 186. The van der Waals surface area contributed by atoms with Crippen molar-refractivity contribution in [2.45, 2.75) is 13.3 Å². The van der Waals surface area contributed by atoms with E-state index in [2.05, 4.69) is 6.58 Å². The molecule has 0 aliphatic heterocycles. The molecule has 0 rings (SSSR count). The Morgan fingerprint density at radius 2 is 2.40 bits per heavy atom. The van der Waals surface area contributed by atoms with Crippen molar-refractivity contribution < 1.29 is 8.76 Å². The molecule has 0 heterocycles. The van der Waals surface area contributed by atoms with Crippen molar-refractivity contribution in [1.29, 1.82) is 0 Å². The highest BCUT2D eigenvalue weighted by molar-refractivity contribution is 7.83. The molecule has 4 heteroatoms. The van der Waals surface area contributed by atoms with Gasteiger partial charge in [0.05, 0.1) is 0 Å². The van der Waals surface area contributed by atoms with Crippen LogP contribution in [0.2, 0.25) is 0 Å². The smallest absolute Gasteiger partial charge is 0.0249 e. The van der Waals surface area contributed by atoms with E-state index in [0.29, 0.717) is 6.42 Å². The van der Waals surface area contributed by atoms with Crippen LogP contribution in [-0.4, -0.2) is 8.76 Å². The maximum atomic E-state index is 10.3. The van der Waals surface area contributed by atoms with E-state index in [9.17, 15) is 8.76 Å². The van der Waals surface area contributed by atoms with Gasteiger partial charge in [-0.3, -0.25) is 4.21 Å². The van der Waals surface area contributed by atoms with Crippen molar-refractivity contribution in [2.24, 2.45) is 5.73 Å². The monoisotopic (exact) mass is 160 g/mol. The van der Waals surface area contributed by atoms with Crippen LogP contribution >= 0.6 is 0 Å². The van der Waals surface area contributed by atoms with Gasteiger partial charge in [0.1, 0.15) is 0 Å². The summed E-state index contributed by atoms with van der Waals surface area (Å²) in [6.07, 6.45) is 1.80. The summed E-state index contributed by atoms with van der Waals surface area (Å²) in [5.41, 5.74) is 5.43. The average Bonchev–Trinajstić information content (AvgIpc) is 1.81. The van der Waals surface area contributed by atoms with Crippen molar-refractivity contribution in [3.05, 3.63) is 23.3 Å². The van der Waals surface area contributed by atoms with Crippen molar-refractivity contribution in [2.75, 3.05) is 0 Å². The molecule has 10 heavy (non-hydrogen) atoms. The molecule has 0 bridgehead atoms. The summed E-state index contributed by atoms with van der Waals surface area (Å²) in [5.74, 6) is 0. The minimum Gasteiger partial charge on any atom is -0.769 e. The largest absolute Gasteiger partial charge is 0.769 e. The highest BCUT2D eigenvalue weighted by Gasteiger charge is 1.91. The third-order valence-corrected chi connectivity index (χ3v) is 1.74. The lowest BCUT2D eigenvalue weighted by Gasteiger charge is -2.06. The third-order valence-electron chi connectivity index (χ3n) is 0.909. The molecule has 0 aliphatic carbocycles. The summed E-state index contributed by atoms with van der Waals surface area (Å²) in [4.78, 5) is 0.285. The second-order valence-electron chi connectivity index (χ2n) is 1.77. The van der Waals surface area contributed by atoms with Gasteiger partial charge in [0, 0.05) is 10.6 Å². The van der Waals surface area contributed by atoms with Crippen molar-refractivity contribution in [3.8, 4) is 0 Å². The summed E-state index contributed by atoms with van der Waals surface area (Å²) in [7, 11) is 0. The van der Waals surface area contributed by atoms with E-state index in [1.807, 2.05) is 0 Å². The van der Waals surface area contributed by atoms with Crippen molar-refractivity contribution in [3.63, 3.8) is 0 Å². The molecule has 0 saturated heterocycles. The van der Waals surface area contributed by atoms with Gasteiger partial charge in [0.15, 0.2) is 0 Å². The molecule has 1 atom stereocenters. The standard InChI is InChI=1S/C6H11NO2S/c1-3-6(10(8)9)4-5(2)7/h4H,2-3,7H2,1H3,(H,8,9)/p-1. The molecule has 58 valence electrons. The fourth-order valence-corrected chi connectivity index (χ4v) is 0.958. The molecule has 0 amide bonds. The van der Waals surface area contributed by atoms with Crippen LogP contribution in [0.4, 0.5) is 0 Å². The van der Waals surface area contributed by atoms with Gasteiger partial charge in [-0.1, -0.05) is 13.5 Å². The zero-order valence-electron chi connectivity index (χ0n) is 5.79. The first-order valence-electron chi connectivity index (χ1n) is 2.82. The highest BCUT2D eigenvalue weighted by Crippen LogP contribution is 2.05. The SMILES string of the molecule is C=C(N)C=C(CC)S(=O)[O-]. The lowest BCUT2D eigenvalue weighted by atomic mass is 10.3. The molecule has 0 aromatic heterocycles. The molecule has 0 spiro atoms.